The molecule has 0 saturated carbocycles. The smallest absolute Gasteiger partial charge is 0.256 e. The molecule has 0 heterocycles. The highest BCUT2D eigenvalue weighted by atomic mass is 19.1. The van der Waals surface area contributed by atoms with Gasteiger partial charge >= 0.3 is 0 Å². The lowest BCUT2D eigenvalue weighted by Gasteiger charge is -2.13. The zero-order valence-corrected chi connectivity index (χ0v) is 10.6. The number of rotatable bonds is 5. The summed E-state index contributed by atoms with van der Waals surface area (Å²) >= 11 is 0. The Labute approximate surface area is 102 Å². The Morgan fingerprint density at radius 2 is 2.12 bits per heavy atom. The molecule has 1 amide bonds. The Balaban J connectivity index is 2.83. The topological polar surface area (TPSA) is 32.3 Å². The maximum Gasteiger partial charge on any atom is 0.256 e. The van der Waals surface area contributed by atoms with E-state index in [1.165, 1.54) is 11.0 Å². The van der Waals surface area contributed by atoms with Gasteiger partial charge in [-0.3, -0.25) is 4.79 Å². The summed E-state index contributed by atoms with van der Waals surface area (Å²) in [6.07, 6.45) is 2.14. The zero-order chi connectivity index (χ0) is 12.8. The van der Waals surface area contributed by atoms with Crippen LogP contribution in [0.15, 0.2) is 18.2 Å². The van der Waals surface area contributed by atoms with Gasteiger partial charge < -0.3 is 10.2 Å². The quantitative estimate of drug-likeness (QED) is 0.800. The van der Waals surface area contributed by atoms with Crippen LogP contribution in [0.2, 0.25) is 0 Å². The molecule has 0 saturated heterocycles. The second kappa shape index (κ2) is 6.23. The predicted octanol–water partition coefficient (Wildman–Crippen LogP) is 2.74. The van der Waals surface area contributed by atoms with Crippen molar-refractivity contribution in [3.8, 4) is 0 Å². The summed E-state index contributed by atoms with van der Waals surface area (Å²) in [4.78, 5) is 13.1. The van der Waals surface area contributed by atoms with E-state index in [1.807, 2.05) is 0 Å². The van der Waals surface area contributed by atoms with Gasteiger partial charge in [0.15, 0.2) is 0 Å². The van der Waals surface area contributed by atoms with Crippen molar-refractivity contribution < 1.29 is 9.18 Å². The lowest BCUT2D eigenvalue weighted by atomic mass is 10.1. The van der Waals surface area contributed by atoms with Gasteiger partial charge in [0.2, 0.25) is 0 Å². The van der Waals surface area contributed by atoms with Gasteiger partial charge in [0.25, 0.3) is 5.91 Å². The minimum Gasteiger partial charge on any atom is -0.385 e. The first kappa shape index (κ1) is 13.5. The number of carbonyl (C=O) groups excluding carboxylic acids is 1. The van der Waals surface area contributed by atoms with Crippen molar-refractivity contribution >= 4 is 11.6 Å². The molecular formula is C13H19FN2O. The van der Waals surface area contributed by atoms with Gasteiger partial charge in [0.1, 0.15) is 5.82 Å². The third-order valence-corrected chi connectivity index (χ3v) is 2.46. The number of amides is 1. The van der Waals surface area contributed by atoms with Crippen LogP contribution in [0.1, 0.15) is 30.1 Å². The molecule has 1 N–H and O–H groups in total. The van der Waals surface area contributed by atoms with Crippen molar-refractivity contribution in [1.82, 2.24) is 4.90 Å². The molecule has 0 aliphatic heterocycles. The summed E-state index contributed by atoms with van der Waals surface area (Å²) in [7, 11) is 3.22. The molecule has 3 nitrogen and oxygen atoms in total. The third kappa shape index (κ3) is 3.73. The molecule has 0 spiro atoms. The number of nitrogens with zero attached hydrogens (tertiary/aromatic N) is 1. The van der Waals surface area contributed by atoms with Crippen LogP contribution in [0.3, 0.4) is 0 Å². The fourth-order valence-corrected chi connectivity index (χ4v) is 1.45. The van der Waals surface area contributed by atoms with Gasteiger partial charge in [0, 0.05) is 26.3 Å². The van der Waals surface area contributed by atoms with E-state index in [2.05, 4.69) is 12.2 Å². The molecule has 0 atom stereocenters. The molecule has 0 bridgehead atoms. The van der Waals surface area contributed by atoms with Gasteiger partial charge in [-0.15, -0.1) is 0 Å². The van der Waals surface area contributed by atoms with Crippen LogP contribution in [0.4, 0.5) is 10.1 Å². The highest BCUT2D eigenvalue weighted by molar-refractivity contribution is 5.95. The lowest BCUT2D eigenvalue weighted by Crippen LogP contribution is -2.23. The zero-order valence-electron chi connectivity index (χ0n) is 10.6. The highest BCUT2D eigenvalue weighted by Crippen LogP contribution is 2.16. The van der Waals surface area contributed by atoms with Crippen molar-refractivity contribution in [2.75, 3.05) is 26.0 Å². The van der Waals surface area contributed by atoms with E-state index in [0.29, 0.717) is 0 Å². The molecule has 0 unspecified atom stereocenters. The molecule has 1 aromatic rings. The predicted molar refractivity (Wildman–Crippen MR) is 67.8 cm³/mol. The van der Waals surface area contributed by atoms with Crippen molar-refractivity contribution in [3.05, 3.63) is 29.6 Å². The summed E-state index contributed by atoms with van der Waals surface area (Å²) in [6.45, 7) is 2.94. The molecule has 0 radical (unpaired) electrons. The molecule has 4 heteroatoms. The fraction of sp³-hybridized carbons (Fsp3) is 0.462. The van der Waals surface area contributed by atoms with E-state index in [4.69, 9.17) is 0 Å². The van der Waals surface area contributed by atoms with Crippen LogP contribution in [0.5, 0.6) is 0 Å². The summed E-state index contributed by atoms with van der Waals surface area (Å²) in [5.41, 5.74) is 0.890. The van der Waals surface area contributed by atoms with Crippen LogP contribution in [0, 0.1) is 5.82 Å². The lowest BCUT2D eigenvalue weighted by molar-refractivity contribution is 0.0823. The van der Waals surface area contributed by atoms with Crippen molar-refractivity contribution in [3.63, 3.8) is 0 Å². The maximum absolute atomic E-state index is 13.5. The minimum atomic E-state index is -0.482. The molecule has 1 rings (SSSR count). The van der Waals surface area contributed by atoms with E-state index in [1.54, 1.807) is 26.2 Å². The minimum absolute atomic E-state index is 0.108. The molecule has 0 aliphatic rings. The standard InChI is InChI=1S/C13H19FN2O/c1-4-5-8-15-10-6-7-12(14)11(9-10)13(17)16(2)3/h6-7,9,15H,4-5,8H2,1-3H3. The molecule has 0 fully saturated rings. The average molecular weight is 238 g/mol. The van der Waals surface area contributed by atoms with Gasteiger partial charge in [-0.2, -0.15) is 0 Å². The third-order valence-electron chi connectivity index (χ3n) is 2.46. The SMILES string of the molecule is CCCCNc1ccc(F)c(C(=O)N(C)C)c1. The van der Waals surface area contributed by atoms with Crippen molar-refractivity contribution in [1.29, 1.82) is 0 Å². The number of anilines is 1. The first-order valence-electron chi connectivity index (χ1n) is 5.81. The van der Waals surface area contributed by atoms with Crippen LogP contribution in [-0.2, 0) is 0 Å². The van der Waals surface area contributed by atoms with Gasteiger partial charge in [-0.25, -0.2) is 4.39 Å². The Morgan fingerprint density at radius 3 is 2.71 bits per heavy atom. The number of benzene rings is 1. The van der Waals surface area contributed by atoms with Crippen LogP contribution < -0.4 is 5.32 Å². The Morgan fingerprint density at radius 1 is 1.41 bits per heavy atom. The summed E-state index contributed by atoms with van der Waals surface area (Å²) in [6, 6.07) is 4.54. The van der Waals surface area contributed by atoms with Crippen LogP contribution in [-0.4, -0.2) is 31.4 Å². The first-order valence-corrected chi connectivity index (χ1v) is 5.81. The highest BCUT2D eigenvalue weighted by Gasteiger charge is 2.13. The van der Waals surface area contributed by atoms with Gasteiger partial charge in [-0.05, 0) is 24.6 Å². The Bertz CT molecular complexity index is 391. The van der Waals surface area contributed by atoms with Gasteiger partial charge in [0.05, 0.1) is 5.56 Å². The van der Waals surface area contributed by atoms with E-state index >= 15 is 0 Å². The Hall–Kier alpha value is -1.58. The number of hydrogen-bond donors (Lipinski definition) is 1. The molecule has 0 aromatic heterocycles. The number of carbonyl (C=O) groups is 1. The van der Waals surface area contributed by atoms with E-state index in [9.17, 15) is 9.18 Å². The monoisotopic (exact) mass is 238 g/mol. The molecular weight excluding hydrogens is 219 g/mol. The number of hydrogen-bond acceptors (Lipinski definition) is 2. The summed E-state index contributed by atoms with van der Waals surface area (Å²) in [5, 5.41) is 3.17. The van der Waals surface area contributed by atoms with Crippen LogP contribution >= 0.6 is 0 Å². The molecule has 1 aromatic carbocycles. The Kier molecular flexibility index (Phi) is 4.94. The fourth-order valence-electron chi connectivity index (χ4n) is 1.45. The number of halogens is 1. The van der Waals surface area contributed by atoms with E-state index in [0.717, 1.165) is 25.1 Å². The van der Waals surface area contributed by atoms with Crippen molar-refractivity contribution in [2.24, 2.45) is 0 Å². The van der Waals surface area contributed by atoms with E-state index < -0.39 is 5.82 Å². The summed E-state index contributed by atoms with van der Waals surface area (Å²) < 4.78 is 13.5. The van der Waals surface area contributed by atoms with Gasteiger partial charge in [-0.1, -0.05) is 13.3 Å². The average Bonchev–Trinajstić information content (AvgIpc) is 2.30. The summed E-state index contributed by atoms with van der Waals surface area (Å²) in [5.74, 6) is -0.800. The number of unbranched alkanes of at least 4 members (excludes halogenated alkanes) is 1. The first-order chi connectivity index (χ1) is 8.06. The largest absolute Gasteiger partial charge is 0.385 e. The normalized spacial score (nSPS) is 10.1. The maximum atomic E-state index is 13.5. The van der Waals surface area contributed by atoms with E-state index in [-0.39, 0.29) is 11.5 Å². The molecule has 0 aliphatic carbocycles. The second-order valence-electron chi connectivity index (χ2n) is 4.17. The van der Waals surface area contributed by atoms with Crippen molar-refractivity contribution in [2.45, 2.75) is 19.8 Å². The molecule has 94 valence electrons. The second-order valence-corrected chi connectivity index (χ2v) is 4.17. The number of nitrogens with one attached hydrogen (secondary N) is 1. The van der Waals surface area contributed by atoms with Crippen LogP contribution in [0.25, 0.3) is 0 Å². The molecule has 17 heavy (non-hydrogen) atoms.